The summed E-state index contributed by atoms with van der Waals surface area (Å²) in [5, 5.41) is 11.1. The van der Waals surface area contributed by atoms with Gasteiger partial charge in [0, 0.05) is 11.6 Å². The van der Waals surface area contributed by atoms with Crippen molar-refractivity contribution in [2.45, 2.75) is 12.7 Å². The van der Waals surface area contributed by atoms with E-state index in [4.69, 9.17) is 16.3 Å². The maximum absolute atomic E-state index is 14.0. The Balaban J connectivity index is 1.62. The number of alkyl halides is 3. The number of pyridine rings is 1. The van der Waals surface area contributed by atoms with Crippen LogP contribution in [0.15, 0.2) is 102 Å². The van der Waals surface area contributed by atoms with Crippen LogP contribution in [0, 0.1) is 0 Å². The zero-order valence-electron chi connectivity index (χ0n) is 19.1. The van der Waals surface area contributed by atoms with Crippen LogP contribution in [0.3, 0.4) is 0 Å². The zero-order valence-corrected chi connectivity index (χ0v) is 19.9. The maximum Gasteiger partial charge on any atom is 0.431 e. The van der Waals surface area contributed by atoms with Gasteiger partial charge in [0.2, 0.25) is 5.56 Å². The Hall–Kier alpha value is -4.30. The summed E-state index contributed by atoms with van der Waals surface area (Å²) < 4.78 is 49.7. The summed E-state index contributed by atoms with van der Waals surface area (Å²) in [5.41, 5.74) is -1.47. The minimum atomic E-state index is -5.07. The Bertz CT molecular complexity index is 1650. The number of nitrogens with zero attached hydrogens (tertiary/aromatic N) is 2. The summed E-state index contributed by atoms with van der Waals surface area (Å²) in [6, 6.07) is 26.9. The summed E-state index contributed by atoms with van der Waals surface area (Å²) in [6.45, 7) is -0.136. The Kier molecular flexibility index (Phi) is 6.35. The molecule has 1 N–H and O–H groups in total. The highest BCUT2D eigenvalue weighted by molar-refractivity contribution is 6.32. The molecule has 186 valence electrons. The van der Waals surface area contributed by atoms with Crippen molar-refractivity contribution >= 4 is 17.2 Å². The molecule has 5 aromatic rings. The summed E-state index contributed by atoms with van der Waals surface area (Å²) in [5.74, 6) is -0.220. The molecule has 9 heteroatoms. The van der Waals surface area contributed by atoms with Crippen molar-refractivity contribution in [1.29, 1.82) is 0 Å². The van der Waals surface area contributed by atoms with E-state index < -0.39 is 23.2 Å². The average molecular weight is 524 g/mol. The highest BCUT2D eigenvalue weighted by Crippen LogP contribution is 2.33. The minimum absolute atomic E-state index is 0.105. The Morgan fingerprint density at radius 2 is 1.54 bits per heavy atom. The van der Waals surface area contributed by atoms with Gasteiger partial charge in [0.1, 0.15) is 23.7 Å². The fraction of sp³-hybridized carbons (Fsp3) is 0.0714. The zero-order chi connectivity index (χ0) is 26.2. The fourth-order valence-corrected chi connectivity index (χ4v) is 4.29. The van der Waals surface area contributed by atoms with Gasteiger partial charge in [-0.2, -0.15) is 22.1 Å². The van der Waals surface area contributed by atoms with Crippen LogP contribution < -0.4 is 14.9 Å². The van der Waals surface area contributed by atoms with E-state index in [1.807, 2.05) is 0 Å². The lowest BCUT2D eigenvalue weighted by atomic mass is 10.1. The second-order valence-electron chi connectivity index (χ2n) is 8.23. The van der Waals surface area contributed by atoms with Gasteiger partial charge in [-0.1, -0.05) is 66.2 Å². The number of halogens is 4. The van der Waals surface area contributed by atoms with Crippen molar-refractivity contribution in [2.24, 2.45) is 0 Å². The van der Waals surface area contributed by atoms with Gasteiger partial charge in [-0.25, -0.2) is 4.79 Å². The molecule has 5 nitrogen and oxygen atoms in total. The van der Waals surface area contributed by atoms with E-state index in [-0.39, 0.29) is 17.9 Å². The van der Waals surface area contributed by atoms with Gasteiger partial charge in [0.05, 0.1) is 5.02 Å². The van der Waals surface area contributed by atoms with Gasteiger partial charge in [-0.3, -0.25) is 0 Å². The maximum atomic E-state index is 14.0. The van der Waals surface area contributed by atoms with Gasteiger partial charge in [0.15, 0.2) is 0 Å². The second kappa shape index (κ2) is 9.63. The molecule has 0 aliphatic rings. The van der Waals surface area contributed by atoms with Crippen LogP contribution in [0.2, 0.25) is 5.02 Å². The molecule has 0 spiro atoms. The van der Waals surface area contributed by atoms with E-state index in [0.717, 1.165) is 8.97 Å². The van der Waals surface area contributed by atoms with E-state index in [0.29, 0.717) is 27.6 Å². The Morgan fingerprint density at radius 3 is 2.22 bits per heavy atom. The SMILES string of the molecule is O=c1c(C(F)(F)F)c(O)[n+](Cc2ccc(Oc3ccccc3Cl)cc2)c2cccc(-c3ccccc3)n12. The first-order chi connectivity index (χ1) is 17.7. The van der Waals surface area contributed by atoms with Crippen LogP contribution in [-0.4, -0.2) is 9.51 Å². The number of aromatic hydroxyl groups is 1. The van der Waals surface area contributed by atoms with Crippen LogP contribution in [0.5, 0.6) is 17.4 Å². The molecule has 0 saturated heterocycles. The first-order valence-corrected chi connectivity index (χ1v) is 11.6. The molecule has 0 atom stereocenters. The quantitative estimate of drug-likeness (QED) is 0.269. The largest absolute Gasteiger partial charge is 0.477 e. The van der Waals surface area contributed by atoms with Crippen LogP contribution in [-0.2, 0) is 12.7 Å². The summed E-state index contributed by atoms with van der Waals surface area (Å²) in [7, 11) is 0. The van der Waals surface area contributed by atoms with Gasteiger partial charge in [-0.15, -0.1) is 0 Å². The molecule has 2 aromatic heterocycles. The second-order valence-corrected chi connectivity index (χ2v) is 8.64. The molecule has 3 aromatic carbocycles. The molecule has 2 heterocycles. The lowest BCUT2D eigenvalue weighted by Gasteiger charge is -2.14. The lowest BCUT2D eigenvalue weighted by molar-refractivity contribution is -0.673. The summed E-state index contributed by atoms with van der Waals surface area (Å²) >= 11 is 6.13. The standard InChI is InChI=1S/C28H18ClF3N2O3/c29-21-9-4-5-11-23(21)37-20-15-13-18(14-16-20)17-33-24-12-6-10-22(19-7-2-1-3-8-19)34(24)27(36)25(26(33)35)28(30,31)32/h1-16H,17H2/p+1. The average Bonchev–Trinajstić information content (AvgIpc) is 2.88. The van der Waals surface area contributed by atoms with Gasteiger partial charge < -0.3 is 9.84 Å². The number of para-hydroxylation sites is 1. The molecule has 5 rings (SSSR count). The van der Waals surface area contributed by atoms with Crippen molar-refractivity contribution in [1.82, 2.24) is 4.40 Å². The molecule has 0 aliphatic carbocycles. The number of rotatable bonds is 5. The van der Waals surface area contributed by atoms with Gasteiger partial charge >= 0.3 is 17.6 Å². The topological polar surface area (TPSA) is 54.8 Å². The van der Waals surface area contributed by atoms with E-state index >= 15 is 0 Å². The molecule has 0 amide bonds. The molecule has 0 radical (unpaired) electrons. The third-order valence-corrected chi connectivity index (χ3v) is 6.14. The smallest absolute Gasteiger partial charge is 0.431 e. The van der Waals surface area contributed by atoms with Crippen LogP contribution >= 0.6 is 11.6 Å². The van der Waals surface area contributed by atoms with E-state index in [2.05, 4.69) is 0 Å². The molecule has 0 fully saturated rings. The highest BCUT2D eigenvalue weighted by atomic mass is 35.5. The monoisotopic (exact) mass is 523 g/mol. The highest BCUT2D eigenvalue weighted by Gasteiger charge is 2.44. The molecular formula is C28H19ClF3N2O3+. The third kappa shape index (κ3) is 4.75. The molecule has 0 aliphatic heterocycles. The van der Waals surface area contributed by atoms with Crippen LogP contribution in [0.1, 0.15) is 11.1 Å². The summed E-state index contributed by atoms with van der Waals surface area (Å²) in [4.78, 5) is 13.1. The summed E-state index contributed by atoms with van der Waals surface area (Å²) in [6.07, 6.45) is -5.07. The van der Waals surface area contributed by atoms with Crippen molar-refractivity contribution in [3.63, 3.8) is 0 Å². The van der Waals surface area contributed by atoms with Crippen LogP contribution in [0.4, 0.5) is 13.2 Å². The normalized spacial score (nSPS) is 11.6. The van der Waals surface area contributed by atoms with E-state index in [1.54, 1.807) is 91.0 Å². The first kappa shape index (κ1) is 24.4. The molecule has 0 saturated carbocycles. The number of aromatic nitrogens is 2. The number of fused-ring (bicyclic) bond motifs is 1. The van der Waals surface area contributed by atoms with Crippen molar-refractivity contribution in [2.75, 3.05) is 0 Å². The Labute approximate surface area is 214 Å². The molecular weight excluding hydrogens is 505 g/mol. The van der Waals surface area contributed by atoms with Crippen molar-refractivity contribution in [3.8, 4) is 28.6 Å². The van der Waals surface area contributed by atoms with E-state index in [9.17, 15) is 23.1 Å². The predicted molar refractivity (Wildman–Crippen MR) is 133 cm³/mol. The lowest BCUT2D eigenvalue weighted by Crippen LogP contribution is -2.44. The van der Waals surface area contributed by atoms with Gasteiger partial charge in [0.25, 0.3) is 5.65 Å². The number of ether oxygens (including phenoxy) is 1. The molecule has 37 heavy (non-hydrogen) atoms. The molecule has 0 unspecified atom stereocenters. The van der Waals surface area contributed by atoms with Gasteiger partial charge in [-0.05, 0) is 42.0 Å². The van der Waals surface area contributed by atoms with E-state index in [1.165, 1.54) is 6.07 Å². The first-order valence-electron chi connectivity index (χ1n) is 11.2. The minimum Gasteiger partial charge on any atom is -0.477 e. The molecule has 0 bridgehead atoms. The third-order valence-electron chi connectivity index (χ3n) is 5.82. The predicted octanol–water partition coefficient (Wildman–Crippen LogP) is 6.47. The number of benzene rings is 3. The van der Waals surface area contributed by atoms with Crippen LogP contribution in [0.25, 0.3) is 16.9 Å². The fourth-order valence-electron chi connectivity index (χ4n) is 4.11. The van der Waals surface area contributed by atoms with Crippen molar-refractivity contribution < 1.29 is 27.6 Å². The van der Waals surface area contributed by atoms with Crippen molar-refractivity contribution in [3.05, 3.63) is 124 Å². The Morgan fingerprint density at radius 1 is 0.865 bits per heavy atom. The number of hydrogen-bond acceptors (Lipinski definition) is 3. The number of hydrogen-bond donors (Lipinski definition) is 1.